The van der Waals surface area contributed by atoms with Gasteiger partial charge in [0.1, 0.15) is 29.1 Å². The molecule has 0 saturated carbocycles. The first-order valence-corrected chi connectivity index (χ1v) is 21.4. The van der Waals surface area contributed by atoms with Crippen molar-refractivity contribution in [2.45, 2.75) is 77.4 Å². The average Bonchev–Trinajstić information content (AvgIpc) is 3.80. The highest BCUT2D eigenvalue weighted by molar-refractivity contribution is 6.40. The Kier molecular flexibility index (Phi) is 13.6. The monoisotopic (exact) mass is 866 g/mol. The Labute approximate surface area is 369 Å². The summed E-state index contributed by atoms with van der Waals surface area (Å²) in [4.78, 5) is 66.4. The van der Waals surface area contributed by atoms with Crippen LogP contribution in [-0.2, 0) is 62.9 Å². The molecule has 2 aromatic carbocycles. The second kappa shape index (κ2) is 20.2. The minimum Gasteiger partial charge on any atom is -0.493 e. The molecule has 0 aliphatic carbocycles. The van der Waals surface area contributed by atoms with E-state index in [1.807, 2.05) is 66.7 Å². The van der Waals surface area contributed by atoms with E-state index in [1.54, 1.807) is 29.3 Å². The van der Waals surface area contributed by atoms with E-state index in [1.165, 1.54) is 16.0 Å². The van der Waals surface area contributed by atoms with E-state index in [0.29, 0.717) is 54.3 Å². The maximum atomic E-state index is 13.6. The lowest BCUT2D eigenvalue weighted by Gasteiger charge is -2.26. The van der Waals surface area contributed by atoms with Crippen molar-refractivity contribution in [3.63, 3.8) is 0 Å². The van der Waals surface area contributed by atoms with Gasteiger partial charge in [0.05, 0.1) is 55.0 Å². The Morgan fingerprint density at radius 1 is 0.703 bits per heavy atom. The SMILES string of the molecule is NC(=O)C(=O)N(Cc1ccccn1)Cc1cccc2c1CCCO2.Nc1ncc(NC(=O)C(=O)N(Cc2ccccn2)Cc2cccc3c2CCCO3)c2nn(C3CCCCO3)cc12. The van der Waals surface area contributed by atoms with Crippen molar-refractivity contribution < 1.29 is 33.4 Å². The van der Waals surface area contributed by atoms with E-state index in [9.17, 15) is 19.2 Å². The number of hydrogen-bond acceptors (Lipinski definition) is 12. The molecule has 0 bridgehead atoms. The number of nitrogens with two attached hydrogens (primary N) is 2. The van der Waals surface area contributed by atoms with Crippen LogP contribution in [0.25, 0.3) is 10.9 Å². The number of nitrogens with zero attached hydrogens (tertiary/aromatic N) is 7. The highest BCUT2D eigenvalue weighted by Gasteiger charge is 2.28. The molecule has 5 N–H and O–H groups in total. The van der Waals surface area contributed by atoms with Crippen molar-refractivity contribution in [1.29, 1.82) is 0 Å². The van der Waals surface area contributed by atoms with Gasteiger partial charge in [0.25, 0.3) is 0 Å². The molecule has 4 aromatic heterocycles. The first-order valence-electron chi connectivity index (χ1n) is 21.4. The minimum atomic E-state index is -0.966. The number of nitrogen functional groups attached to an aromatic ring is 1. The topological polar surface area (TPSA) is 223 Å². The molecule has 0 radical (unpaired) electrons. The summed E-state index contributed by atoms with van der Waals surface area (Å²) >= 11 is 0. The van der Waals surface area contributed by atoms with Gasteiger partial charge in [0.2, 0.25) is 0 Å². The van der Waals surface area contributed by atoms with Crippen LogP contribution >= 0.6 is 0 Å². The van der Waals surface area contributed by atoms with Crippen LogP contribution in [0.1, 0.15) is 72.0 Å². The predicted octanol–water partition coefficient (Wildman–Crippen LogP) is 5.02. The first-order chi connectivity index (χ1) is 31.2. The van der Waals surface area contributed by atoms with Gasteiger partial charge in [-0.3, -0.25) is 29.1 Å². The summed E-state index contributed by atoms with van der Waals surface area (Å²) in [5.74, 6) is -1.21. The molecule has 17 nitrogen and oxygen atoms in total. The smallest absolute Gasteiger partial charge is 0.314 e. The first kappa shape index (κ1) is 43.3. The molecule has 330 valence electrons. The molecular weight excluding hydrogens is 817 g/mol. The maximum Gasteiger partial charge on any atom is 0.314 e. The van der Waals surface area contributed by atoms with E-state index in [4.69, 9.17) is 25.7 Å². The zero-order valence-corrected chi connectivity index (χ0v) is 35.4. The van der Waals surface area contributed by atoms with E-state index in [0.717, 1.165) is 78.7 Å². The Morgan fingerprint density at radius 3 is 1.86 bits per heavy atom. The summed E-state index contributed by atoms with van der Waals surface area (Å²) in [5.41, 5.74) is 17.5. The third-order valence-electron chi connectivity index (χ3n) is 11.3. The van der Waals surface area contributed by atoms with Gasteiger partial charge in [0.15, 0.2) is 0 Å². The lowest BCUT2D eigenvalue weighted by Crippen LogP contribution is -2.39. The molecule has 7 heterocycles. The Bertz CT molecular complexity index is 2620. The second-order valence-corrected chi connectivity index (χ2v) is 15.7. The van der Waals surface area contributed by atoms with Crippen LogP contribution in [0.2, 0.25) is 0 Å². The zero-order chi connectivity index (χ0) is 44.4. The van der Waals surface area contributed by atoms with Gasteiger partial charge in [-0.15, -0.1) is 0 Å². The van der Waals surface area contributed by atoms with Crippen LogP contribution < -0.4 is 26.3 Å². The molecule has 3 aliphatic heterocycles. The molecule has 4 amide bonds. The van der Waals surface area contributed by atoms with Crippen molar-refractivity contribution in [1.82, 2.24) is 34.5 Å². The van der Waals surface area contributed by atoms with Crippen molar-refractivity contribution in [2.24, 2.45) is 5.73 Å². The molecule has 3 aliphatic rings. The molecule has 1 unspecified atom stereocenters. The lowest BCUT2D eigenvalue weighted by atomic mass is 9.99. The van der Waals surface area contributed by atoms with Crippen LogP contribution in [0.5, 0.6) is 11.5 Å². The molecule has 1 fully saturated rings. The fourth-order valence-corrected chi connectivity index (χ4v) is 8.09. The van der Waals surface area contributed by atoms with Crippen LogP contribution in [0.3, 0.4) is 0 Å². The van der Waals surface area contributed by atoms with Gasteiger partial charge in [-0.05, 0) is 104 Å². The quantitative estimate of drug-likeness (QED) is 0.155. The number of hydrogen-bond donors (Lipinski definition) is 3. The highest BCUT2D eigenvalue weighted by Crippen LogP contribution is 2.32. The summed E-state index contributed by atoms with van der Waals surface area (Å²) < 4.78 is 19.1. The number of rotatable bonds is 10. The molecule has 1 atom stereocenters. The number of carbonyl (C=O) groups is 4. The van der Waals surface area contributed by atoms with Crippen LogP contribution in [-0.4, -0.2) is 78.0 Å². The van der Waals surface area contributed by atoms with Crippen molar-refractivity contribution >= 4 is 46.0 Å². The number of amides is 4. The number of carbonyl (C=O) groups excluding carboxylic acids is 4. The largest absolute Gasteiger partial charge is 0.493 e. The van der Waals surface area contributed by atoms with Gasteiger partial charge in [-0.25, -0.2) is 9.67 Å². The Hall–Kier alpha value is -7.40. The number of fused-ring (bicyclic) bond motifs is 3. The summed E-state index contributed by atoms with van der Waals surface area (Å²) in [7, 11) is 0. The Morgan fingerprint density at radius 2 is 1.31 bits per heavy atom. The van der Waals surface area contributed by atoms with Gasteiger partial charge < -0.3 is 40.8 Å². The van der Waals surface area contributed by atoms with Crippen molar-refractivity contribution in [2.75, 3.05) is 30.9 Å². The van der Waals surface area contributed by atoms with Gasteiger partial charge in [0, 0.05) is 38.3 Å². The van der Waals surface area contributed by atoms with Gasteiger partial charge >= 0.3 is 23.6 Å². The summed E-state index contributed by atoms with van der Waals surface area (Å²) in [6.45, 7) is 2.96. The third kappa shape index (κ3) is 10.3. The lowest BCUT2D eigenvalue weighted by molar-refractivity contribution is -0.145. The standard InChI is InChI=1S/C29H31N7O4.C18H19N3O3/c30-27-22-18-36(25-11-2-4-13-40-25)34-26(22)23(15-32-27)33-28(37)29(38)35(17-20-8-1-3-12-31-20)16-19-7-5-10-24-21(19)9-6-14-39-24;19-17(22)18(23)21(12-14-6-1-2-9-20-14)11-13-5-3-8-16-15(13)7-4-10-24-16/h1,3,5,7-8,10,12,15,18,25H,2,4,6,9,11,13-14,16-17H2,(H2,30,32)(H,33,37);1-3,5-6,8-9H,4,7,10-12H2,(H2,19,22). The number of aromatic nitrogens is 5. The van der Waals surface area contributed by atoms with Gasteiger partial charge in [-0.2, -0.15) is 5.10 Å². The zero-order valence-electron chi connectivity index (χ0n) is 35.4. The molecule has 64 heavy (non-hydrogen) atoms. The number of anilines is 2. The van der Waals surface area contributed by atoms with Gasteiger partial charge in [-0.1, -0.05) is 36.4 Å². The number of pyridine rings is 3. The second-order valence-electron chi connectivity index (χ2n) is 15.7. The highest BCUT2D eigenvalue weighted by atomic mass is 16.5. The van der Waals surface area contributed by atoms with Crippen LogP contribution in [0, 0.1) is 0 Å². The summed E-state index contributed by atoms with van der Waals surface area (Å²) in [6, 6.07) is 22.5. The molecular formula is C47H50N10O7. The van der Waals surface area contributed by atoms with E-state index in [2.05, 4.69) is 25.4 Å². The number of primary amides is 1. The normalized spacial score (nSPS) is 15.2. The minimum absolute atomic E-state index is 0.167. The molecule has 9 rings (SSSR count). The third-order valence-corrected chi connectivity index (χ3v) is 11.3. The van der Waals surface area contributed by atoms with Crippen molar-refractivity contribution in [3.8, 4) is 11.5 Å². The Balaban J connectivity index is 0.000000199. The average molecular weight is 867 g/mol. The number of nitrogens with one attached hydrogen (secondary N) is 1. The van der Waals surface area contributed by atoms with E-state index >= 15 is 0 Å². The van der Waals surface area contributed by atoms with Crippen molar-refractivity contribution in [3.05, 3.63) is 131 Å². The predicted molar refractivity (Wildman–Crippen MR) is 236 cm³/mol. The molecule has 0 spiro atoms. The van der Waals surface area contributed by atoms with Crippen LogP contribution in [0.4, 0.5) is 11.5 Å². The summed E-state index contributed by atoms with van der Waals surface area (Å²) in [6.07, 6.45) is 12.8. The number of benzene rings is 2. The molecule has 6 aromatic rings. The summed E-state index contributed by atoms with van der Waals surface area (Å²) in [5, 5.41) is 7.96. The fraction of sp³-hybridized carbons (Fsp3) is 0.319. The fourth-order valence-electron chi connectivity index (χ4n) is 8.09. The van der Waals surface area contributed by atoms with E-state index in [-0.39, 0.29) is 31.7 Å². The van der Waals surface area contributed by atoms with E-state index < -0.39 is 23.6 Å². The van der Waals surface area contributed by atoms with Crippen LogP contribution in [0.15, 0.2) is 97.6 Å². The molecule has 1 saturated heterocycles. The molecule has 17 heteroatoms. The number of ether oxygens (including phenoxy) is 3. The maximum absolute atomic E-state index is 13.6.